The number of nitrogens with zero attached hydrogens (tertiary/aromatic N) is 1. The van der Waals surface area contributed by atoms with Crippen LogP contribution in [0.4, 0.5) is 0 Å². The number of rotatable bonds is 2. The van der Waals surface area contributed by atoms with Gasteiger partial charge in [-0.25, -0.2) is 0 Å². The van der Waals surface area contributed by atoms with Crippen molar-refractivity contribution < 1.29 is 4.79 Å². The summed E-state index contributed by atoms with van der Waals surface area (Å²) in [6, 6.07) is 15.4. The van der Waals surface area contributed by atoms with E-state index < -0.39 is 0 Å². The van der Waals surface area contributed by atoms with Crippen LogP contribution in [0.15, 0.2) is 48.5 Å². The normalized spacial score (nSPS) is 13.8. The Kier molecular flexibility index (Phi) is 2.80. The third-order valence-electron chi connectivity index (χ3n) is 3.16. The maximum atomic E-state index is 12.2. The number of carbonyl (C=O) groups is 1. The molecule has 0 aromatic heterocycles. The van der Waals surface area contributed by atoms with Gasteiger partial charge in [0.1, 0.15) is 0 Å². The van der Waals surface area contributed by atoms with E-state index in [1.807, 2.05) is 53.4 Å². The second-order valence-electron chi connectivity index (χ2n) is 4.45. The maximum absolute atomic E-state index is 12.2. The Bertz CT molecular complexity index is 609. The highest BCUT2D eigenvalue weighted by Gasteiger charge is 2.26. The molecule has 18 heavy (non-hydrogen) atoms. The standard InChI is InChI=1S/C15H12ClNO/c16-13-6-3-4-11(8-13)9-17-10-12-5-1-2-7-14(12)15(17)18/h1-8H,9-10H2. The van der Waals surface area contributed by atoms with Gasteiger partial charge < -0.3 is 4.90 Å². The minimum Gasteiger partial charge on any atom is -0.330 e. The zero-order valence-electron chi connectivity index (χ0n) is 9.77. The average Bonchev–Trinajstić information content (AvgIpc) is 2.67. The highest BCUT2D eigenvalue weighted by Crippen LogP contribution is 2.24. The molecule has 0 unspecified atom stereocenters. The van der Waals surface area contributed by atoms with Crippen molar-refractivity contribution in [3.8, 4) is 0 Å². The van der Waals surface area contributed by atoms with Crippen LogP contribution in [0.5, 0.6) is 0 Å². The van der Waals surface area contributed by atoms with E-state index in [0.717, 1.165) is 16.7 Å². The Morgan fingerprint density at radius 2 is 1.94 bits per heavy atom. The summed E-state index contributed by atoms with van der Waals surface area (Å²) in [6.07, 6.45) is 0. The first-order chi connectivity index (χ1) is 8.74. The fourth-order valence-corrected chi connectivity index (χ4v) is 2.51. The van der Waals surface area contributed by atoms with Gasteiger partial charge in [0.2, 0.25) is 0 Å². The molecule has 0 bridgehead atoms. The van der Waals surface area contributed by atoms with Gasteiger partial charge in [0, 0.05) is 23.7 Å². The molecule has 3 rings (SSSR count). The fraction of sp³-hybridized carbons (Fsp3) is 0.133. The van der Waals surface area contributed by atoms with E-state index in [-0.39, 0.29) is 5.91 Å². The van der Waals surface area contributed by atoms with Crippen LogP contribution in [0.3, 0.4) is 0 Å². The molecule has 0 spiro atoms. The number of fused-ring (bicyclic) bond motifs is 1. The Balaban J connectivity index is 1.83. The van der Waals surface area contributed by atoms with Gasteiger partial charge in [0.25, 0.3) is 5.91 Å². The molecule has 0 aliphatic carbocycles. The lowest BCUT2D eigenvalue weighted by Gasteiger charge is -2.15. The van der Waals surface area contributed by atoms with Gasteiger partial charge in [-0.15, -0.1) is 0 Å². The third kappa shape index (κ3) is 2.00. The summed E-state index contributed by atoms with van der Waals surface area (Å²) in [4.78, 5) is 14.0. The molecule has 1 aliphatic heterocycles. The van der Waals surface area contributed by atoms with Gasteiger partial charge in [-0.05, 0) is 29.3 Å². The van der Waals surface area contributed by atoms with Crippen LogP contribution >= 0.6 is 11.6 Å². The summed E-state index contributed by atoms with van der Waals surface area (Å²) < 4.78 is 0. The molecule has 1 aliphatic rings. The Morgan fingerprint density at radius 1 is 1.11 bits per heavy atom. The largest absolute Gasteiger partial charge is 0.330 e. The predicted octanol–water partition coefficient (Wildman–Crippen LogP) is 3.50. The van der Waals surface area contributed by atoms with E-state index in [0.29, 0.717) is 18.1 Å². The molecule has 0 atom stereocenters. The van der Waals surface area contributed by atoms with Crippen LogP contribution in [0.25, 0.3) is 0 Å². The van der Waals surface area contributed by atoms with Crippen molar-refractivity contribution in [2.24, 2.45) is 0 Å². The Hall–Kier alpha value is -1.80. The van der Waals surface area contributed by atoms with Gasteiger partial charge in [0.05, 0.1) is 0 Å². The van der Waals surface area contributed by atoms with Crippen molar-refractivity contribution in [2.45, 2.75) is 13.1 Å². The number of hydrogen-bond acceptors (Lipinski definition) is 1. The molecule has 0 fully saturated rings. The molecule has 0 N–H and O–H groups in total. The molecule has 0 saturated heterocycles. The summed E-state index contributed by atoms with van der Waals surface area (Å²) in [5.41, 5.74) is 2.98. The molecule has 3 heteroatoms. The van der Waals surface area contributed by atoms with Crippen LogP contribution in [-0.2, 0) is 13.1 Å². The van der Waals surface area contributed by atoms with E-state index >= 15 is 0 Å². The first-order valence-electron chi connectivity index (χ1n) is 5.85. The van der Waals surface area contributed by atoms with Crippen molar-refractivity contribution >= 4 is 17.5 Å². The van der Waals surface area contributed by atoms with E-state index in [9.17, 15) is 4.79 Å². The highest BCUT2D eigenvalue weighted by atomic mass is 35.5. The van der Waals surface area contributed by atoms with Gasteiger partial charge in [-0.3, -0.25) is 4.79 Å². The van der Waals surface area contributed by atoms with E-state index in [2.05, 4.69) is 0 Å². The monoisotopic (exact) mass is 257 g/mol. The first kappa shape index (κ1) is 11.3. The molecule has 0 radical (unpaired) electrons. The fourth-order valence-electron chi connectivity index (χ4n) is 2.30. The molecule has 2 aromatic carbocycles. The van der Waals surface area contributed by atoms with E-state index in [1.165, 1.54) is 0 Å². The van der Waals surface area contributed by atoms with Crippen LogP contribution in [-0.4, -0.2) is 10.8 Å². The van der Waals surface area contributed by atoms with Crippen LogP contribution < -0.4 is 0 Å². The van der Waals surface area contributed by atoms with Crippen LogP contribution in [0.1, 0.15) is 21.5 Å². The molecule has 2 nitrogen and oxygen atoms in total. The van der Waals surface area contributed by atoms with Crippen molar-refractivity contribution in [2.75, 3.05) is 0 Å². The maximum Gasteiger partial charge on any atom is 0.254 e. The SMILES string of the molecule is O=C1c2ccccc2CN1Cc1cccc(Cl)c1. The van der Waals surface area contributed by atoms with Gasteiger partial charge in [0.15, 0.2) is 0 Å². The van der Waals surface area contributed by atoms with E-state index in [1.54, 1.807) is 0 Å². The second kappa shape index (κ2) is 4.46. The van der Waals surface area contributed by atoms with Crippen molar-refractivity contribution in [3.63, 3.8) is 0 Å². The molecule has 1 amide bonds. The zero-order valence-corrected chi connectivity index (χ0v) is 10.5. The Morgan fingerprint density at radius 3 is 2.72 bits per heavy atom. The van der Waals surface area contributed by atoms with Gasteiger partial charge in [-0.2, -0.15) is 0 Å². The molecule has 0 saturated carbocycles. The summed E-state index contributed by atoms with van der Waals surface area (Å²) in [5, 5.41) is 0.705. The van der Waals surface area contributed by atoms with Crippen molar-refractivity contribution in [3.05, 3.63) is 70.2 Å². The number of halogens is 1. The molecule has 2 aromatic rings. The molecule has 90 valence electrons. The lowest BCUT2D eigenvalue weighted by Crippen LogP contribution is -2.23. The number of amides is 1. The van der Waals surface area contributed by atoms with Crippen LogP contribution in [0, 0.1) is 0 Å². The average molecular weight is 258 g/mol. The minimum atomic E-state index is 0.102. The lowest BCUT2D eigenvalue weighted by molar-refractivity contribution is 0.0766. The number of carbonyl (C=O) groups excluding carboxylic acids is 1. The molecular weight excluding hydrogens is 246 g/mol. The predicted molar refractivity (Wildman–Crippen MR) is 71.5 cm³/mol. The minimum absolute atomic E-state index is 0.102. The summed E-state index contributed by atoms with van der Waals surface area (Å²) in [7, 11) is 0. The van der Waals surface area contributed by atoms with Crippen molar-refractivity contribution in [1.29, 1.82) is 0 Å². The molecular formula is C15H12ClNO. The van der Waals surface area contributed by atoms with Gasteiger partial charge >= 0.3 is 0 Å². The van der Waals surface area contributed by atoms with Crippen LogP contribution in [0.2, 0.25) is 5.02 Å². The quantitative estimate of drug-likeness (QED) is 0.806. The Labute approximate surface area is 111 Å². The number of benzene rings is 2. The highest BCUT2D eigenvalue weighted by molar-refractivity contribution is 6.30. The molecule has 1 heterocycles. The summed E-state index contributed by atoms with van der Waals surface area (Å²) in [6.45, 7) is 1.29. The summed E-state index contributed by atoms with van der Waals surface area (Å²) in [5.74, 6) is 0.102. The zero-order chi connectivity index (χ0) is 12.5. The third-order valence-corrected chi connectivity index (χ3v) is 3.39. The smallest absolute Gasteiger partial charge is 0.254 e. The summed E-state index contributed by atoms with van der Waals surface area (Å²) >= 11 is 5.95. The second-order valence-corrected chi connectivity index (χ2v) is 4.88. The van der Waals surface area contributed by atoms with Gasteiger partial charge in [-0.1, -0.05) is 41.9 Å². The lowest BCUT2D eigenvalue weighted by atomic mass is 10.1. The van der Waals surface area contributed by atoms with E-state index in [4.69, 9.17) is 11.6 Å². The van der Waals surface area contributed by atoms with Crippen molar-refractivity contribution in [1.82, 2.24) is 4.90 Å². The first-order valence-corrected chi connectivity index (χ1v) is 6.23. The topological polar surface area (TPSA) is 20.3 Å². The number of hydrogen-bond donors (Lipinski definition) is 0.